The number of rotatable bonds is 3. The van der Waals surface area contributed by atoms with Crippen LogP contribution in [-0.2, 0) is 11.3 Å². The molecular weight excluding hydrogens is 244 g/mol. The first kappa shape index (κ1) is 12.3. The first-order chi connectivity index (χ1) is 9.31. The Morgan fingerprint density at radius 2 is 2.37 bits per heavy atom. The molecule has 1 aliphatic rings. The van der Waals surface area contributed by atoms with Crippen molar-refractivity contribution in [3.05, 3.63) is 41.8 Å². The van der Waals surface area contributed by atoms with Gasteiger partial charge in [0.25, 0.3) is 0 Å². The summed E-state index contributed by atoms with van der Waals surface area (Å²) < 4.78 is 10.8. The smallest absolute Gasteiger partial charge is 0.133 e. The molecule has 0 amide bonds. The average molecular weight is 260 g/mol. The molecule has 3 heterocycles. The van der Waals surface area contributed by atoms with Crippen LogP contribution >= 0.6 is 0 Å². The molecule has 1 aliphatic heterocycles. The molecule has 0 aromatic carbocycles. The van der Waals surface area contributed by atoms with Gasteiger partial charge in [-0.1, -0.05) is 5.16 Å². The lowest BCUT2D eigenvalue weighted by molar-refractivity contribution is -0.0357. The van der Waals surface area contributed by atoms with Gasteiger partial charge in [0.1, 0.15) is 11.9 Å². The van der Waals surface area contributed by atoms with Crippen LogP contribution in [0, 0.1) is 6.92 Å². The van der Waals surface area contributed by atoms with Crippen molar-refractivity contribution >= 4 is 0 Å². The monoisotopic (exact) mass is 260 g/mol. The predicted molar refractivity (Wildman–Crippen MR) is 67.2 cm³/mol. The largest absolute Gasteiger partial charge is 0.369 e. The first-order valence-electron chi connectivity index (χ1n) is 6.33. The highest BCUT2D eigenvalue weighted by atomic mass is 16.5. The van der Waals surface area contributed by atoms with Crippen molar-refractivity contribution in [2.45, 2.75) is 19.6 Å². The molecule has 100 valence electrons. The van der Waals surface area contributed by atoms with Crippen LogP contribution < -0.4 is 0 Å². The lowest BCUT2D eigenvalue weighted by Crippen LogP contribution is -2.38. The van der Waals surface area contributed by atoms with E-state index in [-0.39, 0.29) is 6.10 Å². The standard InChI is InChI=1S/C13H16N4O2/c1-10-6-11(16-19-10)8-17-4-5-18-13(9-17)12-7-14-2-3-15-12/h2-3,6-7,13H,4-5,8-9H2,1H3. The van der Waals surface area contributed by atoms with Crippen LogP contribution in [-0.4, -0.2) is 39.7 Å². The minimum absolute atomic E-state index is 0.0181. The van der Waals surface area contributed by atoms with Gasteiger partial charge in [-0.05, 0) is 6.92 Å². The maximum absolute atomic E-state index is 5.75. The fourth-order valence-electron chi connectivity index (χ4n) is 2.22. The molecule has 2 aromatic heterocycles. The highest BCUT2D eigenvalue weighted by Crippen LogP contribution is 2.20. The van der Waals surface area contributed by atoms with E-state index in [1.54, 1.807) is 18.6 Å². The molecule has 0 bridgehead atoms. The maximum atomic E-state index is 5.75. The molecule has 1 atom stereocenters. The van der Waals surface area contributed by atoms with E-state index in [1.165, 1.54) is 0 Å². The molecule has 1 unspecified atom stereocenters. The molecule has 6 heteroatoms. The summed E-state index contributed by atoms with van der Waals surface area (Å²) >= 11 is 0. The number of hydrogen-bond acceptors (Lipinski definition) is 6. The third-order valence-electron chi connectivity index (χ3n) is 3.13. The maximum Gasteiger partial charge on any atom is 0.133 e. The second kappa shape index (κ2) is 5.46. The van der Waals surface area contributed by atoms with Gasteiger partial charge in [-0.15, -0.1) is 0 Å². The van der Waals surface area contributed by atoms with Crippen molar-refractivity contribution in [1.29, 1.82) is 0 Å². The third kappa shape index (κ3) is 2.97. The van der Waals surface area contributed by atoms with Gasteiger partial charge in [-0.3, -0.25) is 14.9 Å². The van der Waals surface area contributed by atoms with Gasteiger partial charge < -0.3 is 9.26 Å². The molecule has 0 saturated carbocycles. The first-order valence-corrected chi connectivity index (χ1v) is 6.33. The van der Waals surface area contributed by atoms with Gasteiger partial charge in [0, 0.05) is 38.1 Å². The summed E-state index contributed by atoms with van der Waals surface area (Å²) in [6.45, 7) is 5.06. The topological polar surface area (TPSA) is 64.3 Å². The van der Waals surface area contributed by atoms with E-state index in [1.807, 2.05) is 13.0 Å². The zero-order valence-corrected chi connectivity index (χ0v) is 10.8. The summed E-state index contributed by atoms with van der Waals surface area (Å²) in [5.74, 6) is 0.841. The molecule has 0 N–H and O–H groups in total. The number of ether oxygens (including phenoxy) is 1. The summed E-state index contributed by atoms with van der Waals surface area (Å²) in [6.07, 6.45) is 5.10. The van der Waals surface area contributed by atoms with E-state index < -0.39 is 0 Å². The van der Waals surface area contributed by atoms with E-state index in [4.69, 9.17) is 9.26 Å². The van der Waals surface area contributed by atoms with E-state index >= 15 is 0 Å². The highest BCUT2D eigenvalue weighted by Gasteiger charge is 2.23. The van der Waals surface area contributed by atoms with E-state index in [0.717, 1.165) is 36.8 Å². The second-order valence-corrected chi connectivity index (χ2v) is 4.65. The fourth-order valence-corrected chi connectivity index (χ4v) is 2.22. The Hall–Kier alpha value is -1.79. The van der Waals surface area contributed by atoms with Crippen LogP contribution in [0.1, 0.15) is 23.3 Å². The molecule has 6 nitrogen and oxygen atoms in total. The lowest BCUT2D eigenvalue weighted by Gasteiger charge is -2.31. The Morgan fingerprint density at radius 1 is 1.42 bits per heavy atom. The van der Waals surface area contributed by atoms with Gasteiger partial charge in [-0.25, -0.2) is 0 Å². The zero-order valence-electron chi connectivity index (χ0n) is 10.8. The fraction of sp³-hybridized carbons (Fsp3) is 0.462. The van der Waals surface area contributed by atoms with Crippen molar-refractivity contribution in [2.24, 2.45) is 0 Å². The van der Waals surface area contributed by atoms with E-state index in [9.17, 15) is 0 Å². The van der Waals surface area contributed by atoms with Crippen LogP contribution in [0.25, 0.3) is 0 Å². The van der Waals surface area contributed by atoms with Gasteiger partial charge >= 0.3 is 0 Å². The Morgan fingerprint density at radius 3 is 3.11 bits per heavy atom. The SMILES string of the molecule is Cc1cc(CN2CCOC(c3cnccn3)C2)no1. The quantitative estimate of drug-likeness (QED) is 0.830. The summed E-state index contributed by atoms with van der Waals surface area (Å²) in [5.41, 5.74) is 1.83. The van der Waals surface area contributed by atoms with E-state index in [2.05, 4.69) is 20.0 Å². The normalized spacial score (nSPS) is 20.6. The molecular formula is C13H16N4O2. The Balaban J connectivity index is 1.65. The molecule has 1 fully saturated rings. The average Bonchev–Trinajstić information content (AvgIpc) is 2.85. The van der Waals surface area contributed by atoms with Crippen LogP contribution in [0.5, 0.6) is 0 Å². The number of nitrogens with zero attached hydrogens (tertiary/aromatic N) is 4. The van der Waals surface area contributed by atoms with Crippen molar-refractivity contribution in [3.63, 3.8) is 0 Å². The molecule has 0 spiro atoms. The minimum Gasteiger partial charge on any atom is -0.369 e. The molecule has 3 rings (SSSR count). The Kier molecular flexibility index (Phi) is 3.52. The van der Waals surface area contributed by atoms with Crippen LogP contribution in [0.3, 0.4) is 0 Å². The number of hydrogen-bond donors (Lipinski definition) is 0. The number of aromatic nitrogens is 3. The molecule has 19 heavy (non-hydrogen) atoms. The second-order valence-electron chi connectivity index (χ2n) is 4.65. The minimum atomic E-state index is -0.0181. The van der Waals surface area contributed by atoms with Gasteiger partial charge in [0.2, 0.25) is 0 Å². The molecule has 2 aromatic rings. The Labute approximate surface area is 111 Å². The molecule has 0 aliphatic carbocycles. The molecule has 0 radical (unpaired) electrons. The zero-order chi connectivity index (χ0) is 13.1. The van der Waals surface area contributed by atoms with Crippen LogP contribution in [0.2, 0.25) is 0 Å². The van der Waals surface area contributed by atoms with Crippen molar-refractivity contribution in [1.82, 2.24) is 20.0 Å². The van der Waals surface area contributed by atoms with Crippen LogP contribution in [0.4, 0.5) is 0 Å². The summed E-state index contributed by atoms with van der Waals surface area (Å²) in [7, 11) is 0. The van der Waals surface area contributed by atoms with Gasteiger partial charge in [-0.2, -0.15) is 0 Å². The van der Waals surface area contributed by atoms with Gasteiger partial charge in [0.05, 0.1) is 24.2 Å². The summed E-state index contributed by atoms with van der Waals surface area (Å²) in [5, 5.41) is 4.02. The lowest BCUT2D eigenvalue weighted by atomic mass is 10.2. The van der Waals surface area contributed by atoms with Crippen molar-refractivity contribution in [2.75, 3.05) is 19.7 Å². The highest BCUT2D eigenvalue weighted by molar-refractivity contribution is 5.05. The van der Waals surface area contributed by atoms with Crippen molar-refractivity contribution < 1.29 is 9.26 Å². The van der Waals surface area contributed by atoms with Crippen molar-refractivity contribution in [3.8, 4) is 0 Å². The van der Waals surface area contributed by atoms with Gasteiger partial charge in [0.15, 0.2) is 0 Å². The molecule has 1 saturated heterocycles. The van der Waals surface area contributed by atoms with E-state index in [0.29, 0.717) is 6.61 Å². The number of morpholine rings is 1. The third-order valence-corrected chi connectivity index (χ3v) is 3.13. The summed E-state index contributed by atoms with van der Waals surface area (Å²) in [4.78, 5) is 10.7. The predicted octanol–water partition coefficient (Wildman–Crippen LogP) is 1.35. The summed E-state index contributed by atoms with van der Waals surface area (Å²) in [6, 6.07) is 1.97. The Bertz CT molecular complexity index is 528. The van der Waals surface area contributed by atoms with Crippen LogP contribution in [0.15, 0.2) is 29.2 Å². The number of aryl methyl sites for hydroxylation is 1.